The third-order valence-corrected chi connectivity index (χ3v) is 10.8. The van der Waals surface area contributed by atoms with Crippen LogP contribution in [0, 0.1) is 0 Å². The van der Waals surface area contributed by atoms with Gasteiger partial charge in [0, 0.05) is 37.7 Å². The molecule has 3 aromatic heterocycles. The Kier molecular flexibility index (Phi) is 6.68. The molecule has 0 aliphatic rings. The van der Waals surface area contributed by atoms with Crippen molar-refractivity contribution in [2.45, 2.75) is 0 Å². The average Bonchev–Trinajstić information content (AvgIpc) is 3.74. The van der Waals surface area contributed by atoms with Crippen molar-refractivity contribution in [1.82, 2.24) is 14.5 Å². The summed E-state index contributed by atoms with van der Waals surface area (Å²) in [5, 5.41) is 3.69. The molecular weight excluding hydrogens is 627 g/mol. The van der Waals surface area contributed by atoms with Crippen molar-refractivity contribution in [3.8, 4) is 50.6 Å². The molecule has 7 aromatic carbocycles. The molecule has 4 heteroatoms. The standard InChI is InChI=1S/C46H29N3S/c1-3-11-30(12-4-1)31-19-21-33(22-20-31)43-45-44(48-46(47-43)34-13-5-2-6-14-34)39-28-25-35(29-42(39)50-45)32-23-26-36(27-24-32)49-40-17-9-7-15-37(40)38-16-8-10-18-41(38)49/h1-29H. The van der Waals surface area contributed by atoms with Gasteiger partial charge in [-0.05, 0) is 52.6 Å². The zero-order valence-electron chi connectivity index (χ0n) is 27.0. The largest absolute Gasteiger partial charge is 0.309 e. The second-order valence-corrected chi connectivity index (χ2v) is 13.7. The Morgan fingerprint density at radius 1 is 0.400 bits per heavy atom. The molecule has 0 radical (unpaired) electrons. The molecule has 0 saturated heterocycles. The summed E-state index contributed by atoms with van der Waals surface area (Å²) in [6.07, 6.45) is 0. The summed E-state index contributed by atoms with van der Waals surface area (Å²) in [6, 6.07) is 62.5. The third-order valence-electron chi connectivity index (χ3n) is 9.65. The van der Waals surface area contributed by atoms with Crippen LogP contribution in [0.25, 0.3) is 92.7 Å². The van der Waals surface area contributed by atoms with Gasteiger partial charge in [0.2, 0.25) is 0 Å². The first-order chi connectivity index (χ1) is 24.8. The quantitative estimate of drug-likeness (QED) is 0.185. The number of aromatic nitrogens is 3. The Hall–Kier alpha value is -6.36. The van der Waals surface area contributed by atoms with Gasteiger partial charge in [-0.25, -0.2) is 9.97 Å². The zero-order chi connectivity index (χ0) is 33.0. The average molecular weight is 656 g/mol. The Balaban J connectivity index is 1.08. The Morgan fingerprint density at radius 2 is 0.920 bits per heavy atom. The van der Waals surface area contributed by atoms with Crippen molar-refractivity contribution in [2.75, 3.05) is 0 Å². The summed E-state index contributed by atoms with van der Waals surface area (Å²) in [6.45, 7) is 0. The van der Waals surface area contributed by atoms with Gasteiger partial charge in [0.05, 0.1) is 26.9 Å². The molecule has 0 unspecified atom stereocenters. The molecule has 0 fully saturated rings. The van der Waals surface area contributed by atoms with Crippen molar-refractivity contribution in [3.05, 3.63) is 176 Å². The lowest BCUT2D eigenvalue weighted by Crippen LogP contribution is -1.93. The predicted octanol–water partition coefficient (Wildman–Crippen LogP) is 12.6. The SMILES string of the molecule is c1ccc(-c2ccc(-c3nc(-c4ccccc4)nc4c3sc3cc(-c5ccc(-n6c7ccccc7c7ccccc76)cc5)ccc34)cc2)cc1. The molecule has 0 atom stereocenters. The van der Waals surface area contributed by atoms with E-state index >= 15 is 0 Å². The molecule has 0 N–H and O–H groups in total. The first-order valence-electron chi connectivity index (χ1n) is 16.8. The van der Waals surface area contributed by atoms with E-state index in [0.29, 0.717) is 0 Å². The smallest absolute Gasteiger partial charge is 0.160 e. The number of para-hydroxylation sites is 2. The lowest BCUT2D eigenvalue weighted by Gasteiger charge is -2.09. The Morgan fingerprint density at radius 3 is 1.60 bits per heavy atom. The van der Waals surface area contributed by atoms with Gasteiger partial charge in [-0.1, -0.05) is 146 Å². The van der Waals surface area contributed by atoms with Crippen LogP contribution in [-0.2, 0) is 0 Å². The molecule has 0 spiro atoms. The van der Waals surface area contributed by atoms with E-state index in [-0.39, 0.29) is 0 Å². The summed E-state index contributed by atoms with van der Waals surface area (Å²) in [5.74, 6) is 0.740. The molecule has 50 heavy (non-hydrogen) atoms. The fourth-order valence-electron chi connectivity index (χ4n) is 7.19. The van der Waals surface area contributed by atoms with Crippen molar-refractivity contribution < 1.29 is 0 Å². The van der Waals surface area contributed by atoms with Crippen LogP contribution in [0.1, 0.15) is 0 Å². The topological polar surface area (TPSA) is 30.7 Å². The molecular formula is C46H29N3S. The van der Waals surface area contributed by atoms with Gasteiger partial charge in [0.25, 0.3) is 0 Å². The molecule has 10 aromatic rings. The minimum absolute atomic E-state index is 0.740. The van der Waals surface area contributed by atoms with Crippen LogP contribution in [0.5, 0.6) is 0 Å². The van der Waals surface area contributed by atoms with Crippen molar-refractivity contribution in [1.29, 1.82) is 0 Å². The van der Waals surface area contributed by atoms with Crippen LogP contribution in [0.15, 0.2) is 176 Å². The molecule has 3 heterocycles. The monoisotopic (exact) mass is 655 g/mol. The fraction of sp³-hybridized carbons (Fsp3) is 0. The number of hydrogen-bond donors (Lipinski definition) is 0. The highest BCUT2D eigenvalue weighted by molar-refractivity contribution is 7.26. The minimum atomic E-state index is 0.740. The maximum absolute atomic E-state index is 5.19. The van der Waals surface area contributed by atoms with E-state index in [1.165, 1.54) is 48.8 Å². The van der Waals surface area contributed by atoms with E-state index in [4.69, 9.17) is 9.97 Å². The Bertz CT molecular complexity index is 2780. The van der Waals surface area contributed by atoms with Crippen LogP contribution in [-0.4, -0.2) is 14.5 Å². The normalized spacial score (nSPS) is 11.6. The summed E-state index contributed by atoms with van der Waals surface area (Å²) >= 11 is 1.77. The van der Waals surface area contributed by atoms with Crippen LogP contribution >= 0.6 is 11.3 Å². The van der Waals surface area contributed by atoms with E-state index < -0.39 is 0 Å². The maximum Gasteiger partial charge on any atom is 0.160 e. The highest BCUT2D eigenvalue weighted by Crippen LogP contribution is 2.41. The van der Waals surface area contributed by atoms with E-state index in [0.717, 1.165) is 43.9 Å². The molecule has 0 bridgehead atoms. The number of hydrogen-bond acceptors (Lipinski definition) is 3. The first kappa shape index (κ1) is 28.6. The predicted molar refractivity (Wildman–Crippen MR) is 211 cm³/mol. The first-order valence-corrected chi connectivity index (χ1v) is 17.6. The molecule has 0 aliphatic carbocycles. The lowest BCUT2D eigenvalue weighted by molar-refractivity contribution is 1.18. The lowest BCUT2D eigenvalue weighted by atomic mass is 10.0. The van der Waals surface area contributed by atoms with Crippen LogP contribution < -0.4 is 0 Å². The number of rotatable bonds is 5. The second-order valence-electron chi connectivity index (χ2n) is 12.6. The summed E-state index contributed by atoms with van der Waals surface area (Å²) in [5.41, 5.74) is 12.4. The highest BCUT2D eigenvalue weighted by Gasteiger charge is 2.18. The molecule has 10 rings (SSSR count). The van der Waals surface area contributed by atoms with Gasteiger partial charge in [-0.15, -0.1) is 11.3 Å². The second kappa shape index (κ2) is 11.7. The van der Waals surface area contributed by atoms with Gasteiger partial charge >= 0.3 is 0 Å². The van der Waals surface area contributed by atoms with Crippen LogP contribution in [0.3, 0.4) is 0 Å². The molecule has 0 aliphatic heterocycles. The number of nitrogens with zero attached hydrogens (tertiary/aromatic N) is 3. The molecule has 0 amide bonds. The van der Waals surface area contributed by atoms with E-state index in [9.17, 15) is 0 Å². The minimum Gasteiger partial charge on any atom is -0.309 e. The van der Waals surface area contributed by atoms with Gasteiger partial charge in [-0.3, -0.25) is 0 Å². The molecule has 234 valence electrons. The van der Waals surface area contributed by atoms with E-state index in [1.54, 1.807) is 11.3 Å². The number of thiophene rings is 1. The van der Waals surface area contributed by atoms with Gasteiger partial charge < -0.3 is 4.57 Å². The van der Waals surface area contributed by atoms with Crippen LogP contribution in [0.2, 0.25) is 0 Å². The third kappa shape index (κ3) is 4.73. The van der Waals surface area contributed by atoms with Crippen LogP contribution in [0.4, 0.5) is 0 Å². The number of fused-ring (bicyclic) bond motifs is 6. The zero-order valence-corrected chi connectivity index (χ0v) is 27.8. The van der Waals surface area contributed by atoms with E-state index in [2.05, 4.69) is 162 Å². The highest BCUT2D eigenvalue weighted by atomic mass is 32.1. The summed E-state index contributed by atoms with van der Waals surface area (Å²) in [4.78, 5) is 10.4. The molecule has 3 nitrogen and oxygen atoms in total. The van der Waals surface area contributed by atoms with Crippen molar-refractivity contribution >= 4 is 53.4 Å². The van der Waals surface area contributed by atoms with Gasteiger partial charge in [-0.2, -0.15) is 0 Å². The molecule has 0 saturated carbocycles. The number of benzene rings is 7. The van der Waals surface area contributed by atoms with Gasteiger partial charge in [0.1, 0.15) is 0 Å². The Labute approximate surface area is 293 Å². The van der Waals surface area contributed by atoms with Crippen molar-refractivity contribution in [3.63, 3.8) is 0 Å². The summed E-state index contributed by atoms with van der Waals surface area (Å²) in [7, 11) is 0. The fourth-order valence-corrected chi connectivity index (χ4v) is 8.38. The van der Waals surface area contributed by atoms with E-state index in [1.807, 2.05) is 18.2 Å². The van der Waals surface area contributed by atoms with Crippen molar-refractivity contribution in [2.24, 2.45) is 0 Å². The summed E-state index contributed by atoms with van der Waals surface area (Å²) < 4.78 is 4.66. The maximum atomic E-state index is 5.19. The van der Waals surface area contributed by atoms with Gasteiger partial charge in [0.15, 0.2) is 5.82 Å².